The van der Waals surface area contributed by atoms with Crippen LogP contribution in [0.3, 0.4) is 0 Å². The van der Waals surface area contributed by atoms with Gasteiger partial charge >= 0.3 is 5.97 Å². The molecular formula is C13H18O4. The summed E-state index contributed by atoms with van der Waals surface area (Å²) >= 11 is 0. The number of carbonyl (C=O) groups is 1. The predicted octanol–water partition coefficient (Wildman–Crippen LogP) is 3.25. The highest BCUT2D eigenvalue weighted by Crippen LogP contribution is 2.27. The van der Waals surface area contributed by atoms with Crippen LogP contribution >= 0.6 is 0 Å². The van der Waals surface area contributed by atoms with Crippen LogP contribution in [0, 0.1) is 5.92 Å². The molecule has 0 bridgehead atoms. The molecule has 0 spiro atoms. The van der Waals surface area contributed by atoms with Crippen molar-refractivity contribution in [3.63, 3.8) is 0 Å². The Morgan fingerprint density at radius 2 is 2.24 bits per heavy atom. The molecule has 0 amide bonds. The number of hydrogen-bond acceptors (Lipinski definition) is 3. The lowest BCUT2D eigenvalue weighted by molar-refractivity contribution is 0.0266. The summed E-state index contributed by atoms with van der Waals surface area (Å²) in [6.45, 7) is 2.63. The highest BCUT2D eigenvalue weighted by Gasteiger charge is 2.19. The maximum absolute atomic E-state index is 10.7. The van der Waals surface area contributed by atoms with Gasteiger partial charge in [-0.05, 0) is 37.8 Å². The fraction of sp³-hybridized carbons (Fsp3) is 0.615. The summed E-state index contributed by atoms with van der Waals surface area (Å²) in [6.07, 6.45) is 4.90. The van der Waals surface area contributed by atoms with Gasteiger partial charge in [0.1, 0.15) is 11.9 Å². The third-order valence-electron chi connectivity index (χ3n) is 3.29. The first-order valence-corrected chi connectivity index (χ1v) is 6.11. The second-order valence-electron chi connectivity index (χ2n) is 4.63. The maximum Gasteiger partial charge on any atom is 0.371 e. The second kappa shape index (κ2) is 5.36. The average molecular weight is 238 g/mol. The largest absolute Gasteiger partial charge is 0.475 e. The molecule has 1 aliphatic carbocycles. The van der Waals surface area contributed by atoms with Crippen molar-refractivity contribution < 1.29 is 19.1 Å². The fourth-order valence-electron chi connectivity index (χ4n) is 2.23. The van der Waals surface area contributed by atoms with Crippen molar-refractivity contribution >= 4 is 5.97 Å². The van der Waals surface area contributed by atoms with Crippen molar-refractivity contribution in [2.24, 2.45) is 5.92 Å². The van der Waals surface area contributed by atoms with E-state index in [0.29, 0.717) is 11.7 Å². The Labute approximate surface area is 101 Å². The summed E-state index contributed by atoms with van der Waals surface area (Å²) in [4.78, 5) is 10.7. The first-order chi connectivity index (χ1) is 8.16. The third kappa shape index (κ3) is 3.09. The number of carboxylic acids is 1. The van der Waals surface area contributed by atoms with E-state index >= 15 is 0 Å². The van der Waals surface area contributed by atoms with E-state index in [1.165, 1.54) is 31.7 Å². The van der Waals surface area contributed by atoms with Crippen molar-refractivity contribution in [1.82, 2.24) is 0 Å². The standard InChI is InChI=1S/C13H18O4/c1-9(16-8-10-4-2-3-5-10)11-6-7-12(17-11)13(14)15/h6-7,9-10H,2-5,8H2,1H3,(H,14,15). The monoisotopic (exact) mass is 238 g/mol. The van der Waals surface area contributed by atoms with E-state index in [-0.39, 0.29) is 11.9 Å². The molecule has 17 heavy (non-hydrogen) atoms. The number of rotatable bonds is 5. The van der Waals surface area contributed by atoms with Crippen molar-refractivity contribution in [2.45, 2.75) is 38.7 Å². The first kappa shape index (κ1) is 12.2. The lowest BCUT2D eigenvalue weighted by Crippen LogP contribution is -2.08. The van der Waals surface area contributed by atoms with Crippen molar-refractivity contribution in [3.05, 3.63) is 23.7 Å². The van der Waals surface area contributed by atoms with E-state index in [1.807, 2.05) is 6.92 Å². The van der Waals surface area contributed by atoms with Gasteiger partial charge in [0.25, 0.3) is 0 Å². The minimum atomic E-state index is -1.04. The van der Waals surface area contributed by atoms with Crippen LogP contribution in [0.25, 0.3) is 0 Å². The Morgan fingerprint density at radius 3 is 2.82 bits per heavy atom. The molecule has 1 aromatic heterocycles. The molecule has 0 radical (unpaired) electrons. The van der Waals surface area contributed by atoms with E-state index in [4.69, 9.17) is 14.3 Å². The van der Waals surface area contributed by atoms with Gasteiger partial charge in [0.15, 0.2) is 0 Å². The Balaban J connectivity index is 1.85. The lowest BCUT2D eigenvalue weighted by atomic mass is 10.1. The molecular weight excluding hydrogens is 220 g/mol. The molecule has 0 aromatic carbocycles. The molecule has 1 N–H and O–H groups in total. The average Bonchev–Trinajstić information content (AvgIpc) is 2.96. The molecule has 0 saturated heterocycles. The smallest absolute Gasteiger partial charge is 0.371 e. The van der Waals surface area contributed by atoms with Crippen LogP contribution < -0.4 is 0 Å². The van der Waals surface area contributed by atoms with Gasteiger partial charge in [-0.3, -0.25) is 0 Å². The zero-order valence-electron chi connectivity index (χ0n) is 10.0. The van der Waals surface area contributed by atoms with Crippen molar-refractivity contribution in [1.29, 1.82) is 0 Å². The summed E-state index contributed by atoms with van der Waals surface area (Å²) in [7, 11) is 0. The van der Waals surface area contributed by atoms with E-state index in [0.717, 1.165) is 6.61 Å². The summed E-state index contributed by atoms with van der Waals surface area (Å²) < 4.78 is 10.9. The molecule has 1 saturated carbocycles. The summed E-state index contributed by atoms with van der Waals surface area (Å²) in [6, 6.07) is 3.13. The number of carboxylic acid groups (broad SMARTS) is 1. The molecule has 2 rings (SSSR count). The zero-order chi connectivity index (χ0) is 12.3. The summed E-state index contributed by atoms with van der Waals surface area (Å²) in [5, 5.41) is 8.75. The number of furan rings is 1. The Kier molecular flexibility index (Phi) is 3.84. The normalized spacial score (nSPS) is 18.4. The lowest BCUT2D eigenvalue weighted by Gasteiger charge is -2.14. The topological polar surface area (TPSA) is 59.7 Å². The van der Waals surface area contributed by atoms with E-state index in [9.17, 15) is 4.79 Å². The maximum atomic E-state index is 10.7. The van der Waals surface area contributed by atoms with Gasteiger partial charge in [-0.2, -0.15) is 0 Å². The van der Waals surface area contributed by atoms with E-state index in [2.05, 4.69) is 0 Å². The number of ether oxygens (including phenoxy) is 1. The summed E-state index contributed by atoms with van der Waals surface area (Å²) in [5.41, 5.74) is 0. The highest BCUT2D eigenvalue weighted by atomic mass is 16.5. The van der Waals surface area contributed by atoms with Gasteiger partial charge in [0.05, 0.1) is 6.61 Å². The zero-order valence-corrected chi connectivity index (χ0v) is 10.0. The van der Waals surface area contributed by atoms with Crippen LogP contribution in [0.5, 0.6) is 0 Å². The molecule has 4 heteroatoms. The molecule has 1 atom stereocenters. The molecule has 4 nitrogen and oxygen atoms in total. The second-order valence-corrected chi connectivity index (χ2v) is 4.63. The Morgan fingerprint density at radius 1 is 1.53 bits per heavy atom. The third-order valence-corrected chi connectivity index (χ3v) is 3.29. The quantitative estimate of drug-likeness (QED) is 0.855. The van der Waals surface area contributed by atoms with Crippen LogP contribution in [0.4, 0.5) is 0 Å². The van der Waals surface area contributed by atoms with E-state index in [1.54, 1.807) is 6.07 Å². The van der Waals surface area contributed by atoms with Crippen LogP contribution in [0.15, 0.2) is 16.5 Å². The summed E-state index contributed by atoms with van der Waals surface area (Å²) in [5.74, 6) is 0.169. The van der Waals surface area contributed by atoms with Gasteiger partial charge < -0.3 is 14.3 Å². The van der Waals surface area contributed by atoms with Gasteiger partial charge in [-0.25, -0.2) is 4.79 Å². The fourth-order valence-corrected chi connectivity index (χ4v) is 2.23. The Bertz CT molecular complexity index is 377. The van der Waals surface area contributed by atoms with Gasteiger partial charge in [-0.15, -0.1) is 0 Å². The highest BCUT2D eigenvalue weighted by molar-refractivity contribution is 5.84. The van der Waals surface area contributed by atoms with Crippen molar-refractivity contribution in [3.8, 4) is 0 Å². The molecule has 94 valence electrons. The first-order valence-electron chi connectivity index (χ1n) is 6.11. The Hall–Kier alpha value is -1.29. The SMILES string of the molecule is CC(OCC1CCCC1)c1ccc(C(=O)O)o1. The number of hydrogen-bond donors (Lipinski definition) is 1. The molecule has 1 heterocycles. The molecule has 1 fully saturated rings. The van der Waals surface area contributed by atoms with Gasteiger partial charge in [0, 0.05) is 0 Å². The van der Waals surface area contributed by atoms with E-state index < -0.39 is 5.97 Å². The molecule has 1 aromatic rings. The van der Waals surface area contributed by atoms with Crippen LogP contribution in [0.1, 0.15) is 55.0 Å². The minimum absolute atomic E-state index is 0.0312. The van der Waals surface area contributed by atoms with Gasteiger partial charge in [-0.1, -0.05) is 12.8 Å². The molecule has 1 aliphatic rings. The number of aromatic carboxylic acids is 1. The van der Waals surface area contributed by atoms with Crippen LogP contribution in [0.2, 0.25) is 0 Å². The minimum Gasteiger partial charge on any atom is -0.475 e. The van der Waals surface area contributed by atoms with Crippen molar-refractivity contribution in [2.75, 3.05) is 6.61 Å². The van der Waals surface area contributed by atoms with Gasteiger partial charge in [0.2, 0.25) is 5.76 Å². The predicted molar refractivity (Wildman–Crippen MR) is 62.0 cm³/mol. The molecule has 1 unspecified atom stereocenters. The van der Waals surface area contributed by atoms with Crippen LogP contribution in [-0.2, 0) is 4.74 Å². The van der Waals surface area contributed by atoms with Crippen LogP contribution in [-0.4, -0.2) is 17.7 Å². The molecule has 0 aliphatic heterocycles.